The van der Waals surface area contributed by atoms with Crippen molar-refractivity contribution < 1.29 is 39.9 Å². The van der Waals surface area contributed by atoms with E-state index in [4.69, 9.17) is 0 Å². The minimum absolute atomic E-state index is 0.0840. The third-order valence-electron chi connectivity index (χ3n) is 2.37. The lowest BCUT2D eigenvalue weighted by atomic mass is 10.2. The molecule has 0 saturated carbocycles. The highest BCUT2D eigenvalue weighted by molar-refractivity contribution is 4.94. The summed E-state index contributed by atoms with van der Waals surface area (Å²) in [5.41, 5.74) is 0. The fraction of sp³-hybridized carbons (Fsp3) is 1.00. The Morgan fingerprint density at radius 3 is 1.56 bits per heavy atom. The van der Waals surface area contributed by atoms with Gasteiger partial charge in [-0.25, -0.2) is 4.74 Å². The number of rotatable bonds is 3. The van der Waals surface area contributed by atoms with E-state index in [1.54, 1.807) is 0 Å². The van der Waals surface area contributed by atoms with Gasteiger partial charge < -0.3 is 0 Å². The van der Waals surface area contributed by atoms with Gasteiger partial charge in [0.25, 0.3) is 0 Å². The van der Waals surface area contributed by atoms with Crippen molar-refractivity contribution in [3.8, 4) is 0 Å². The molecule has 0 aromatic rings. The van der Waals surface area contributed by atoms with E-state index in [0.717, 1.165) is 0 Å². The topological polar surface area (TPSA) is 12.5 Å². The average Bonchev–Trinajstić information content (AvgIpc) is 2.13. The summed E-state index contributed by atoms with van der Waals surface area (Å²) in [7, 11) is 0. The maximum Gasteiger partial charge on any atom is 0.439 e. The smallest absolute Gasteiger partial charge is 0.243 e. The van der Waals surface area contributed by atoms with Crippen LogP contribution < -0.4 is 0 Å². The maximum absolute atomic E-state index is 13.0. The summed E-state index contributed by atoms with van der Waals surface area (Å²) in [6.07, 6.45) is -11.7. The quantitative estimate of drug-likeness (QED) is 0.582. The molecule has 0 unspecified atom stereocenters. The number of halogens is 8. The van der Waals surface area contributed by atoms with E-state index in [1.165, 1.54) is 6.92 Å². The number of ether oxygens (including phenoxy) is 1. The lowest BCUT2D eigenvalue weighted by molar-refractivity contribution is -0.562. The number of alkyl halides is 8. The van der Waals surface area contributed by atoms with Crippen LogP contribution in [0, 0.1) is 0 Å². The zero-order valence-corrected chi connectivity index (χ0v) is 9.00. The first-order chi connectivity index (χ1) is 7.90. The molecular formula is C8H9F8NO. The minimum atomic E-state index is -5.70. The monoisotopic (exact) mass is 287 g/mol. The molecule has 0 aromatic heterocycles. The Balaban J connectivity index is 3.20. The Kier molecular flexibility index (Phi) is 3.59. The summed E-state index contributed by atoms with van der Waals surface area (Å²) in [6, 6.07) is -11.0. The molecule has 1 fully saturated rings. The second-order valence-corrected chi connectivity index (χ2v) is 3.72. The third-order valence-corrected chi connectivity index (χ3v) is 2.37. The van der Waals surface area contributed by atoms with E-state index in [9.17, 15) is 35.1 Å². The van der Waals surface area contributed by atoms with Gasteiger partial charge in [-0.15, -0.1) is 0 Å². The highest BCUT2D eigenvalue weighted by Gasteiger charge is 2.82. The van der Waals surface area contributed by atoms with E-state index in [0.29, 0.717) is 0 Å². The lowest BCUT2D eigenvalue weighted by Crippen LogP contribution is -2.73. The molecule has 0 aliphatic carbocycles. The number of hydrogen-bond acceptors (Lipinski definition) is 2. The van der Waals surface area contributed by atoms with Crippen molar-refractivity contribution in [1.82, 2.24) is 4.90 Å². The number of unbranched alkanes of at least 4 members (excludes halogenated alkanes) is 1. The number of morpholine rings is 1. The van der Waals surface area contributed by atoms with Gasteiger partial charge in [-0.1, -0.05) is 13.3 Å². The fourth-order valence-corrected chi connectivity index (χ4v) is 1.37. The zero-order chi connectivity index (χ0) is 14.4. The SMILES string of the molecule is CCCCN1C(F)(F)C(F)(F)OC(F)(F)C1(F)F. The van der Waals surface area contributed by atoms with E-state index < -0.39 is 35.8 Å². The molecule has 1 aliphatic rings. The van der Waals surface area contributed by atoms with Gasteiger partial charge in [-0.3, -0.25) is 0 Å². The van der Waals surface area contributed by atoms with Crippen LogP contribution in [-0.4, -0.2) is 35.8 Å². The summed E-state index contributed by atoms with van der Waals surface area (Å²) in [4.78, 5) is -1.51. The Morgan fingerprint density at radius 2 is 1.22 bits per heavy atom. The van der Waals surface area contributed by atoms with Crippen LogP contribution in [-0.2, 0) is 4.74 Å². The first-order valence-corrected chi connectivity index (χ1v) is 4.89. The van der Waals surface area contributed by atoms with Crippen LogP contribution in [0.25, 0.3) is 0 Å². The van der Waals surface area contributed by atoms with Gasteiger partial charge in [0.05, 0.1) is 0 Å². The fourth-order valence-electron chi connectivity index (χ4n) is 1.37. The van der Waals surface area contributed by atoms with Crippen molar-refractivity contribution in [3.63, 3.8) is 0 Å². The van der Waals surface area contributed by atoms with Gasteiger partial charge >= 0.3 is 24.3 Å². The van der Waals surface area contributed by atoms with Crippen LogP contribution in [0.5, 0.6) is 0 Å². The van der Waals surface area contributed by atoms with E-state index in [-0.39, 0.29) is 12.8 Å². The normalized spacial score (nSPS) is 29.2. The van der Waals surface area contributed by atoms with Crippen molar-refractivity contribution in [2.75, 3.05) is 6.54 Å². The standard InChI is InChI=1S/C8H9F8NO/c1-2-3-4-17-5(9,10)7(13,14)18-8(15,16)6(17,11)12/h2-4H2,1H3. The third kappa shape index (κ3) is 2.04. The Labute approximate surface area is 96.5 Å². The van der Waals surface area contributed by atoms with Crippen LogP contribution >= 0.6 is 0 Å². The maximum atomic E-state index is 13.0. The Morgan fingerprint density at radius 1 is 0.833 bits per heavy atom. The van der Waals surface area contributed by atoms with Gasteiger partial charge in [-0.05, 0) is 6.42 Å². The predicted molar refractivity (Wildman–Crippen MR) is 42.5 cm³/mol. The lowest BCUT2D eigenvalue weighted by Gasteiger charge is -2.47. The van der Waals surface area contributed by atoms with E-state index >= 15 is 0 Å². The molecule has 10 heteroatoms. The molecule has 0 N–H and O–H groups in total. The summed E-state index contributed by atoms with van der Waals surface area (Å²) < 4.78 is 105. The van der Waals surface area contributed by atoms with Crippen molar-refractivity contribution in [1.29, 1.82) is 0 Å². The first kappa shape index (κ1) is 15.4. The van der Waals surface area contributed by atoms with Crippen molar-refractivity contribution in [2.45, 2.75) is 44.1 Å². The van der Waals surface area contributed by atoms with Crippen LogP contribution in [0.3, 0.4) is 0 Å². The first-order valence-electron chi connectivity index (χ1n) is 4.89. The van der Waals surface area contributed by atoms with Crippen molar-refractivity contribution in [3.05, 3.63) is 0 Å². The number of hydrogen-bond donors (Lipinski definition) is 0. The average molecular weight is 287 g/mol. The predicted octanol–water partition coefficient (Wildman–Crippen LogP) is 3.49. The van der Waals surface area contributed by atoms with Crippen LogP contribution in [0.2, 0.25) is 0 Å². The molecular weight excluding hydrogens is 278 g/mol. The van der Waals surface area contributed by atoms with Gasteiger partial charge in [0.15, 0.2) is 0 Å². The molecule has 0 atom stereocenters. The molecule has 0 aromatic carbocycles. The van der Waals surface area contributed by atoms with E-state index in [2.05, 4.69) is 4.74 Å². The molecule has 1 saturated heterocycles. The summed E-state index contributed by atoms with van der Waals surface area (Å²) in [5.74, 6) is 0. The summed E-state index contributed by atoms with van der Waals surface area (Å²) >= 11 is 0. The second-order valence-electron chi connectivity index (χ2n) is 3.72. The molecule has 0 spiro atoms. The molecule has 108 valence electrons. The van der Waals surface area contributed by atoms with Gasteiger partial charge in [0.2, 0.25) is 0 Å². The minimum Gasteiger partial charge on any atom is -0.243 e. The molecule has 0 amide bonds. The molecule has 18 heavy (non-hydrogen) atoms. The zero-order valence-electron chi connectivity index (χ0n) is 9.00. The molecule has 2 nitrogen and oxygen atoms in total. The highest BCUT2D eigenvalue weighted by Crippen LogP contribution is 2.55. The highest BCUT2D eigenvalue weighted by atomic mass is 19.4. The molecule has 1 heterocycles. The van der Waals surface area contributed by atoms with Crippen LogP contribution in [0.4, 0.5) is 35.1 Å². The summed E-state index contributed by atoms with van der Waals surface area (Å²) in [5, 5.41) is 0. The molecule has 1 rings (SSSR count). The molecule has 0 bridgehead atoms. The van der Waals surface area contributed by atoms with Gasteiger partial charge in [-0.2, -0.15) is 40.0 Å². The molecule has 0 radical (unpaired) electrons. The molecule has 1 aliphatic heterocycles. The van der Waals surface area contributed by atoms with Crippen molar-refractivity contribution in [2.24, 2.45) is 0 Å². The van der Waals surface area contributed by atoms with E-state index in [1.807, 2.05) is 0 Å². The van der Waals surface area contributed by atoms with Crippen LogP contribution in [0.1, 0.15) is 19.8 Å². The largest absolute Gasteiger partial charge is 0.439 e. The summed E-state index contributed by atoms with van der Waals surface area (Å²) in [6.45, 7) is 0.0814. The Bertz CT molecular complexity index is 292. The van der Waals surface area contributed by atoms with Crippen LogP contribution in [0.15, 0.2) is 0 Å². The van der Waals surface area contributed by atoms with Crippen molar-refractivity contribution >= 4 is 0 Å². The Hall–Kier alpha value is -0.640. The van der Waals surface area contributed by atoms with Gasteiger partial charge in [0.1, 0.15) is 0 Å². The second kappa shape index (κ2) is 4.19. The van der Waals surface area contributed by atoms with Gasteiger partial charge in [0, 0.05) is 6.54 Å². The number of nitrogens with zero attached hydrogens (tertiary/aromatic N) is 1.